The highest BCUT2D eigenvalue weighted by atomic mass is 32.2. The quantitative estimate of drug-likeness (QED) is 0.598. The molecule has 158 valence electrons. The number of hydrogen-bond donors (Lipinski definition) is 0. The molecular weight excluding hydrogens is 372 g/mol. The van der Waals surface area contributed by atoms with Crippen LogP contribution in [-0.4, -0.2) is 34.7 Å². The van der Waals surface area contributed by atoms with Gasteiger partial charge in [0.05, 0.1) is 24.0 Å². The average molecular weight is 409 g/mol. The molecule has 0 aromatic heterocycles. The monoisotopic (exact) mass is 408 g/mol. The number of Topliss-reactive ketones (excluding diaryl/α,β-unsaturated/α-hetero) is 1. The molecule has 0 unspecified atom stereocenters. The van der Waals surface area contributed by atoms with Gasteiger partial charge < -0.3 is 9.47 Å². The summed E-state index contributed by atoms with van der Waals surface area (Å²) >= 11 is 0. The number of benzene rings is 1. The number of hydrogen-bond acceptors (Lipinski definition) is 4. The fraction of sp³-hybridized carbons (Fsp3) is 0.696. The largest absolute Gasteiger partial charge is 0.350 e. The molecular formula is C23H36O4S. The molecule has 28 heavy (non-hydrogen) atoms. The van der Waals surface area contributed by atoms with E-state index in [9.17, 15) is 9.00 Å². The number of carbonyl (C=O) groups excluding carboxylic acids is 1. The van der Waals surface area contributed by atoms with Gasteiger partial charge in [0.25, 0.3) is 0 Å². The van der Waals surface area contributed by atoms with Crippen LogP contribution in [0.25, 0.3) is 0 Å². The Morgan fingerprint density at radius 2 is 1.39 bits per heavy atom. The van der Waals surface area contributed by atoms with Gasteiger partial charge in [-0.05, 0) is 41.4 Å². The van der Waals surface area contributed by atoms with Gasteiger partial charge in [0.15, 0.2) is 6.29 Å². The molecule has 1 heterocycles. The normalized spacial score (nSPS) is 18.8. The molecule has 0 spiro atoms. The first-order valence-electron chi connectivity index (χ1n) is 10.4. The molecule has 1 aliphatic rings. The summed E-state index contributed by atoms with van der Waals surface area (Å²) in [5.74, 6) is 0.474. The van der Waals surface area contributed by atoms with Crippen LogP contribution in [0.2, 0.25) is 0 Å². The van der Waals surface area contributed by atoms with Gasteiger partial charge in [0.1, 0.15) is 11.0 Å². The number of rotatable bonds is 8. The SMILES string of the molecule is CC(=O)[C@@H]([C@H](C)C1OCCO1)[S@@](=O)c1c(C(C)C)cc(C(C)C)cc1C(C)C. The Kier molecular flexibility index (Phi) is 8.00. The van der Waals surface area contributed by atoms with Crippen LogP contribution in [0.1, 0.15) is 89.8 Å². The minimum absolute atomic E-state index is 0.0812. The summed E-state index contributed by atoms with van der Waals surface area (Å²) in [4.78, 5) is 13.4. The molecule has 1 aromatic rings. The van der Waals surface area contributed by atoms with Crippen LogP contribution in [0, 0.1) is 5.92 Å². The third-order valence-electron chi connectivity index (χ3n) is 5.47. The topological polar surface area (TPSA) is 52.6 Å². The second kappa shape index (κ2) is 9.64. The van der Waals surface area contributed by atoms with E-state index in [1.165, 1.54) is 12.5 Å². The Bertz CT molecular complexity index is 688. The maximum Gasteiger partial charge on any atom is 0.161 e. The van der Waals surface area contributed by atoms with Crippen LogP contribution < -0.4 is 0 Å². The van der Waals surface area contributed by atoms with Crippen molar-refractivity contribution in [2.45, 2.75) is 89.6 Å². The Hall–Kier alpha value is -1.04. The van der Waals surface area contributed by atoms with Crippen LogP contribution >= 0.6 is 0 Å². The number of ether oxygens (including phenoxy) is 2. The zero-order valence-corrected chi connectivity index (χ0v) is 19.4. The molecule has 1 aliphatic heterocycles. The summed E-state index contributed by atoms with van der Waals surface area (Å²) in [6.45, 7) is 17.3. The molecule has 1 saturated heterocycles. The molecule has 0 saturated carbocycles. The lowest BCUT2D eigenvalue weighted by atomic mass is 9.89. The van der Waals surface area contributed by atoms with E-state index >= 15 is 0 Å². The van der Waals surface area contributed by atoms with E-state index < -0.39 is 22.3 Å². The highest BCUT2D eigenvalue weighted by Gasteiger charge is 2.39. The predicted molar refractivity (Wildman–Crippen MR) is 114 cm³/mol. The molecule has 1 aromatic carbocycles. The van der Waals surface area contributed by atoms with Crippen molar-refractivity contribution in [3.05, 3.63) is 28.8 Å². The first-order valence-corrected chi connectivity index (χ1v) is 11.6. The van der Waals surface area contributed by atoms with E-state index in [1.54, 1.807) is 0 Å². The van der Waals surface area contributed by atoms with E-state index in [1.807, 2.05) is 6.92 Å². The lowest BCUT2D eigenvalue weighted by molar-refractivity contribution is -0.122. The van der Waals surface area contributed by atoms with Gasteiger partial charge in [-0.1, -0.05) is 60.6 Å². The number of ketones is 1. The van der Waals surface area contributed by atoms with Crippen LogP contribution in [0.5, 0.6) is 0 Å². The highest BCUT2D eigenvalue weighted by molar-refractivity contribution is 7.86. The Balaban J connectivity index is 2.61. The van der Waals surface area contributed by atoms with Gasteiger partial charge in [-0.3, -0.25) is 9.00 Å². The molecule has 0 N–H and O–H groups in total. The molecule has 0 amide bonds. The van der Waals surface area contributed by atoms with Crippen molar-refractivity contribution in [1.29, 1.82) is 0 Å². The summed E-state index contributed by atoms with van der Waals surface area (Å²) in [6, 6.07) is 4.36. The molecule has 0 bridgehead atoms. The second-order valence-corrected chi connectivity index (χ2v) is 10.3. The summed E-state index contributed by atoms with van der Waals surface area (Å²) in [7, 11) is -1.47. The summed E-state index contributed by atoms with van der Waals surface area (Å²) in [5.41, 5.74) is 3.42. The zero-order chi connectivity index (χ0) is 21.2. The second-order valence-electron chi connectivity index (χ2n) is 8.79. The summed E-state index contributed by atoms with van der Waals surface area (Å²) < 4.78 is 25.2. The summed E-state index contributed by atoms with van der Waals surface area (Å²) in [6.07, 6.45) is -0.474. The van der Waals surface area contributed by atoms with E-state index in [4.69, 9.17) is 9.47 Å². The van der Waals surface area contributed by atoms with E-state index in [0.29, 0.717) is 19.1 Å². The lowest BCUT2D eigenvalue weighted by Crippen LogP contribution is -2.39. The van der Waals surface area contributed by atoms with Crippen LogP contribution in [0.15, 0.2) is 17.0 Å². The fourth-order valence-corrected chi connectivity index (χ4v) is 5.92. The molecule has 0 radical (unpaired) electrons. The van der Waals surface area contributed by atoms with Crippen LogP contribution in [-0.2, 0) is 25.1 Å². The van der Waals surface area contributed by atoms with Gasteiger partial charge in [0.2, 0.25) is 0 Å². The van der Waals surface area contributed by atoms with Gasteiger partial charge in [0, 0.05) is 10.8 Å². The maximum atomic E-state index is 13.9. The van der Waals surface area contributed by atoms with Crippen molar-refractivity contribution in [2.75, 3.05) is 13.2 Å². The predicted octanol–water partition coefficient (Wildman–Crippen LogP) is 5.13. The minimum atomic E-state index is -1.47. The van der Waals surface area contributed by atoms with Crippen molar-refractivity contribution in [1.82, 2.24) is 0 Å². The first kappa shape index (κ1) is 23.2. The molecule has 2 rings (SSSR count). The van der Waals surface area contributed by atoms with Gasteiger partial charge >= 0.3 is 0 Å². The van der Waals surface area contributed by atoms with Gasteiger partial charge in [-0.25, -0.2) is 0 Å². The molecule has 4 nitrogen and oxygen atoms in total. The standard InChI is InChI=1S/C23H36O4S/c1-13(2)18-11-19(14(3)4)22(20(12-18)15(5)6)28(25)21(17(8)24)16(7)23-26-9-10-27-23/h11-16,21,23H,9-10H2,1-8H3/t16-,21+,28+/m0/s1. The minimum Gasteiger partial charge on any atom is -0.350 e. The fourth-order valence-electron chi connectivity index (χ4n) is 3.79. The smallest absolute Gasteiger partial charge is 0.161 e. The highest BCUT2D eigenvalue weighted by Crippen LogP contribution is 2.37. The van der Waals surface area contributed by atoms with Crippen LogP contribution in [0.3, 0.4) is 0 Å². The number of carbonyl (C=O) groups is 1. The Morgan fingerprint density at radius 1 is 0.929 bits per heavy atom. The Morgan fingerprint density at radius 3 is 1.75 bits per heavy atom. The molecule has 0 aliphatic carbocycles. The van der Waals surface area contributed by atoms with Crippen molar-refractivity contribution in [3.63, 3.8) is 0 Å². The van der Waals surface area contributed by atoms with E-state index in [-0.39, 0.29) is 23.5 Å². The van der Waals surface area contributed by atoms with Crippen molar-refractivity contribution < 1.29 is 18.5 Å². The zero-order valence-electron chi connectivity index (χ0n) is 18.6. The van der Waals surface area contributed by atoms with Crippen molar-refractivity contribution in [2.24, 2.45) is 5.92 Å². The maximum absolute atomic E-state index is 13.9. The first-order chi connectivity index (χ1) is 13.1. The lowest BCUT2D eigenvalue weighted by Gasteiger charge is -2.29. The van der Waals surface area contributed by atoms with Gasteiger partial charge in [-0.2, -0.15) is 0 Å². The third kappa shape index (κ3) is 4.92. The Labute approximate surface area is 172 Å². The van der Waals surface area contributed by atoms with Crippen LogP contribution in [0.4, 0.5) is 0 Å². The molecule has 1 fully saturated rings. The third-order valence-corrected chi connectivity index (χ3v) is 7.56. The average Bonchev–Trinajstić information content (AvgIpc) is 3.14. The molecule has 3 atom stereocenters. The van der Waals surface area contributed by atoms with Crippen molar-refractivity contribution >= 4 is 16.6 Å². The van der Waals surface area contributed by atoms with E-state index in [2.05, 4.69) is 53.7 Å². The summed E-state index contributed by atoms with van der Waals surface area (Å²) in [5, 5.41) is -0.650. The van der Waals surface area contributed by atoms with Crippen molar-refractivity contribution in [3.8, 4) is 0 Å². The van der Waals surface area contributed by atoms with Gasteiger partial charge in [-0.15, -0.1) is 0 Å². The molecule has 5 heteroatoms. The van der Waals surface area contributed by atoms with E-state index in [0.717, 1.165) is 16.0 Å².